The van der Waals surface area contributed by atoms with E-state index in [0.717, 1.165) is 206 Å². The monoisotopic (exact) mass is 1580 g/mol. The van der Waals surface area contributed by atoms with E-state index in [1.165, 1.54) is 22.7 Å². The van der Waals surface area contributed by atoms with E-state index < -0.39 is 23.9 Å². The highest BCUT2D eigenvalue weighted by atomic mass is 32.1. The Labute approximate surface area is 669 Å². The van der Waals surface area contributed by atoms with Crippen LogP contribution < -0.4 is 62.5 Å². The number of nitrogens with zero attached hydrogens (tertiary/aromatic N) is 14. The molecule has 0 saturated carbocycles. The number of pyridine rings is 3. The summed E-state index contributed by atoms with van der Waals surface area (Å²) in [5, 5.41) is 18.8. The van der Waals surface area contributed by atoms with E-state index >= 15 is 0 Å². The molecule has 0 spiro atoms. The minimum Gasteiger partial charge on any atom is -0.381 e. The molecule has 8 aliphatic heterocycles. The van der Waals surface area contributed by atoms with Crippen molar-refractivity contribution in [3.8, 4) is 22.5 Å². The lowest BCUT2D eigenvalue weighted by Crippen LogP contribution is -2.68. The average molecular weight is 1580 g/mol. The molecule has 115 heavy (non-hydrogen) atoms. The Morgan fingerprint density at radius 3 is 1.78 bits per heavy atom. The first-order chi connectivity index (χ1) is 55.8. The van der Waals surface area contributed by atoms with Crippen molar-refractivity contribution in [3.63, 3.8) is 0 Å². The summed E-state index contributed by atoms with van der Waals surface area (Å²) >= 11 is 3.04. The first kappa shape index (κ1) is 72.4. The van der Waals surface area contributed by atoms with Gasteiger partial charge in [-0.1, -0.05) is 18.2 Å². The summed E-state index contributed by atoms with van der Waals surface area (Å²) in [6.45, 7) is 15.0. The van der Waals surface area contributed by atoms with Gasteiger partial charge in [0.25, 0.3) is 11.8 Å². The van der Waals surface area contributed by atoms with Crippen LogP contribution >= 0.6 is 22.7 Å². The number of hydrogen-bond acceptors (Lipinski definition) is 21. The highest BCUT2D eigenvalue weighted by Crippen LogP contribution is 2.46. The molecule has 15 heterocycles. The van der Waals surface area contributed by atoms with Gasteiger partial charge in [-0.3, -0.25) is 67.5 Å². The number of rotatable bonds is 13. The van der Waals surface area contributed by atoms with Crippen LogP contribution in [0.15, 0.2) is 137 Å². The minimum atomic E-state index is -0.788. The van der Waals surface area contributed by atoms with Crippen LogP contribution in [0.25, 0.3) is 86.6 Å². The zero-order valence-corrected chi connectivity index (χ0v) is 66.4. The molecule has 7 aromatic heterocycles. The van der Waals surface area contributed by atoms with Gasteiger partial charge in [-0.2, -0.15) is 0 Å². The smallest absolute Gasteiger partial charge is 0.329 e. The SMILES string of the molecule is C[C@@H]1CNc2c(sc3ccc4nc(-c5ccc(N6CCN(CC7CN(c8cccc9c8n(C)c(=O)n9C8CCC(=O)NC8=O)C7)C(C7CN(c8ccc(-c9ccc%10c(ccc%11sc%12c(c%11%10)N(C)C[C@@H](C)NC%12=O)n9)cn8)CCN7CC7CCN(c8ccc9c(c8)n(C)c(=O)n9C8CCC(=O)NC8=O)CC7)C6)cc5)ccc4c23)C(=O)N1. The molecule has 4 unspecified atom stereocenters. The minimum absolute atomic E-state index is 0.00137. The number of aromatic nitrogens is 7. The number of likely N-dealkylation sites (N-methyl/N-ethyl adjacent to an activating group) is 1. The molecule has 5 aromatic carbocycles. The maximum absolute atomic E-state index is 14.2. The summed E-state index contributed by atoms with van der Waals surface area (Å²) in [5.74, 6) is -0.0872. The fourth-order valence-electron chi connectivity index (χ4n) is 19.7. The fraction of sp³-hybridized carbons (Fsp3) is 0.384. The Morgan fingerprint density at radius 1 is 0.496 bits per heavy atom. The molecule has 27 nitrogen and oxygen atoms in total. The molecule has 20 rings (SSSR count). The van der Waals surface area contributed by atoms with Gasteiger partial charge in [0.15, 0.2) is 0 Å². The van der Waals surface area contributed by atoms with Gasteiger partial charge in [0.1, 0.15) is 27.7 Å². The largest absolute Gasteiger partial charge is 0.381 e. The van der Waals surface area contributed by atoms with Crippen molar-refractivity contribution in [2.45, 2.75) is 88.6 Å². The third-order valence-electron chi connectivity index (χ3n) is 25.6. The molecule has 8 aliphatic rings. The molecule has 0 aliphatic carbocycles. The van der Waals surface area contributed by atoms with Gasteiger partial charge in [0.05, 0.1) is 61.6 Å². The second kappa shape index (κ2) is 28.5. The van der Waals surface area contributed by atoms with Crippen LogP contribution in [0.2, 0.25) is 0 Å². The number of para-hydroxylation sites is 1. The van der Waals surface area contributed by atoms with E-state index in [9.17, 15) is 38.4 Å². The van der Waals surface area contributed by atoms with Crippen LogP contribution in [0.5, 0.6) is 0 Å². The molecule has 0 bridgehead atoms. The number of piperazine rings is 2. The van der Waals surface area contributed by atoms with E-state index in [4.69, 9.17) is 15.0 Å². The van der Waals surface area contributed by atoms with Crippen LogP contribution in [0.1, 0.15) is 83.8 Å². The molecule has 588 valence electrons. The highest BCUT2D eigenvalue weighted by Gasteiger charge is 2.44. The van der Waals surface area contributed by atoms with Gasteiger partial charge < -0.3 is 40.4 Å². The highest BCUT2D eigenvalue weighted by molar-refractivity contribution is 7.22. The van der Waals surface area contributed by atoms with Crippen molar-refractivity contribution in [1.82, 2.24) is 64.3 Å². The summed E-state index contributed by atoms with van der Waals surface area (Å²) in [5.41, 5.74) is 12.5. The summed E-state index contributed by atoms with van der Waals surface area (Å²) in [7, 11) is 5.57. The summed E-state index contributed by atoms with van der Waals surface area (Å²) in [6.07, 6.45) is 4.74. The second-order valence-corrected chi connectivity index (χ2v) is 34.9. The number of aryl methyl sites for hydroxylation is 2. The van der Waals surface area contributed by atoms with Crippen LogP contribution in [0.3, 0.4) is 0 Å². The van der Waals surface area contributed by atoms with E-state index in [-0.39, 0.29) is 84.9 Å². The van der Waals surface area contributed by atoms with E-state index in [0.29, 0.717) is 40.8 Å². The molecular weight excluding hydrogens is 1490 g/mol. The number of fused-ring (bicyclic) bond motifs is 12. The fourth-order valence-corrected chi connectivity index (χ4v) is 21.9. The number of thiophene rings is 2. The van der Waals surface area contributed by atoms with Crippen molar-refractivity contribution in [1.29, 1.82) is 0 Å². The van der Waals surface area contributed by atoms with Crippen molar-refractivity contribution in [3.05, 3.63) is 158 Å². The molecule has 0 radical (unpaired) electrons. The lowest BCUT2D eigenvalue weighted by atomic mass is 9.91. The lowest BCUT2D eigenvalue weighted by molar-refractivity contribution is -0.137. The van der Waals surface area contributed by atoms with Gasteiger partial charge in [-0.15, -0.1) is 22.7 Å². The quantitative estimate of drug-likeness (QED) is 0.0673. The number of hydrogen-bond donors (Lipinski definition) is 5. The number of imide groups is 2. The average Bonchev–Trinajstić information content (AvgIpc) is 1.62. The topological polar surface area (TPSA) is 278 Å². The van der Waals surface area contributed by atoms with Crippen molar-refractivity contribution >= 4 is 156 Å². The number of benzene rings is 5. The van der Waals surface area contributed by atoms with Crippen LogP contribution in [0.4, 0.5) is 34.3 Å². The molecule has 6 saturated heterocycles. The van der Waals surface area contributed by atoms with Gasteiger partial charge in [-0.05, 0) is 149 Å². The van der Waals surface area contributed by atoms with Gasteiger partial charge in [-0.25, -0.2) is 24.5 Å². The molecule has 12 aromatic rings. The van der Waals surface area contributed by atoms with Crippen LogP contribution in [-0.2, 0) is 33.3 Å². The van der Waals surface area contributed by atoms with Crippen LogP contribution in [-0.4, -0.2) is 201 Å². The Morgan fingerprint density at radius 2 is 1.10 bits per heavy atom. The number of imidazole rings is 2. The standard InChI is InChI=1S/C86H89N19O8S2/c1-47-38-88-76-74-55-15-17-57(91-59(55)19-24-69(74)114-79(76)83(110)89-47)51-9-12-53(13-10-51)99-33-34-101(42-50-43-103(44-50)62-7-6-8-63-77(62)97(5)86(113)105(63)65-23-28-73(107)94-82(65)109)67(45-99)68-46-102(71-26-11-52(39-87-71)58-18-16-56-60(92-58)20-25-70-75(56)78-80(115-70)84(111)90-48(2)40-95(78)3)36-35-100(68)41-49-29-31-98(32-30-49)54-14-21-61-66(37-54)96(4)85(112)104(61)64-22-27-72(106)93-81(64)108/h6-21,24-26,37,39,47-50,64-65,67-68,88H,22-23,27-36,38,40-46H2,1-5H3,(H,89,110)(H,90,111)(H,93,106,108)(H,94,107,109)/t47-,48-,64?,65?,67?,68?/m1/s1. The maximum Gasteiger partial charge on any atom is 0.329 e. The molecule has 5 N–H and O–H groups in total. The number of carbonyl (C=O) groups is 6. The lowest BCUT2D eigenvalue weighted by Gasteiger charge is -2.54. The van der Waals surface area contributed by atoms with Gasteiger partial charge >= 0.3 is 11.4 Å². The summed E-state index contributed by atoms with van der Waals surface area (Å²) < 4.78 is 8.46. The van der Waals surface area contributed by atoms with Crippen molar-refractivity contribution < 1.29 is 28.8 Å². The number of anilines is 6. The van der Waals surface area contributed by atoms with Gasteiger partial charge in [0, 0.05) is 215 Å². The third kappa shape index (κ3) is 12.6. The Kier molecular flexibility index (Phi) is 17.9. The molecule has 6 atom stereocenters. The Hall–Kier alpha value is -11.5. The van der Waals surface area contributed by atoms with E-state index in [1.54, 1.807) is 32.4 Å². The van der Waals surface area contributed by atoms with E-state index in [2.05, 4.69) is 171 Å². The number of carbonyl (C=O) groups excluding carboxylic acids is 6. The Balaban J connectivity index is 0.613. The first-order valence-corrected chi connectivity index (χ1v) is 41.8. The Bertz CT molecular complexity index is 6170. The second-order valence-electron chi connectivity index (χ2n) is 32.8. The van der Waals surface area contributed by atoms with E-state index in [1.807, 2.05) is 38.2 Å². The predicted octanol–water partition coefficient (Wildman–Crippen LogP) is 9.05. The normalized spacial score (nSPS) is 22.4. The predicted molar refractivity (Wildman–Crippen MR) is 452 cm³/mol. The molecule has 29 heteroatoms. The zero-order valence-electron chi connectivity index (χ0n) is 64.7. The van der Waals surface area contributed by atoms with Crippen molar-refractivity contribution in [2.24, 2.45) is 25.9 Å². The van der Waals surface area contributed by atoms with Crippen molar-refractivity contribution in [2.75, 3.05) is 128 Å². The first-order valence-electron chi connectivity index (χ1n) is 40.2. The maximum atomic E-state index is 14.2. The molecule has 6 amide bonds. The summed E-state index contributed by atoms with van der Waals surface area (Å²) in [6, 6.07) is 40.5. The zero-order chi connectivity index (χ0) is 78.5. The number of nitrogens with one attached hydrogen (secondary N) is 5. The third-order valence-corrected chi connectivity index (χ3v) is 27.9. The van der Waals surface area contributed by atoms with Crippen LogP contribution in [0, 0.1) is 11.8 Å². The molecule has 6 fully saturated rings. The van der Waals surface area contributed by atoms with Gasteiger partial charge in [0.2, 0.25) is 23.6 Å². The number of amides is 6. The molecular formula is C86H89N19O8S2. The summed E-state index contributed by atoms with van der Waals surface area (Å²) in [4.78, 5) is 141. The number of piperidine rings is 3.